The lowest BCUT2D eigenvalue weighted by Gasteiger charge is -2.24. The van der Waals surface area contributed by atoms with Crippen LogP contribution < -0.4 is 5.32 Å². The molecular formula is C25H24F2N2O5. The van der Waals surface area contributed by atoms with E-state index in [1.165, 1.54) is 7.05 Å². The third-order valence-corrected chi connectivity index (χ3v) is 7.37. The highest BCUT2D eigenvalue weighted by Gasteiger charge is 2.73. The Labute approximate surface area is 194 Å². The highest BCUT2D eigenvalue weighted by atomic mass is 19.3. The van der Waals surface area contributed by atoms with Crippen molar-refractivity contribution in [1.29, 1.82) is 0 Å². The van der Waals surface area contributed by atoms with Crippen LogP contribution in [0.5, 0.6) is 0 Å². The molecule has 34 heavy (non-hydrogen) atoms. The maximum Gasteiger partial charge on any atom is 0.407 e. The summed E-state index contributed by atoms with van der Waals surface area (Å²) < 4.78 is 34.0. The summed E-state index contributed by atoms with van der Waals surface area (Å²) in [5.74, 6) is -8.62. The number of nitrogens with zero attached hydrogens (tertiary/aromatic N) is 1. The van der Waals surface area contributed by atoms with Gasteiger partial charge in [0.2, 0.25) is 5.91 Å². The van der Waals surface area contributed by atoms with Crippen LogP contribution >= 0.6 is 0 Å². The zero-order chi connectivity index (χ0) is 24.3. The monoisotopic (exact) mass is 470 g/mol. The van der Waals surface area contributed by atoms with E-state index in [9.17, 15) is 28.3 Å². The van der Waals surface area contributed by atoms with Crippen molar-refractivity contribution >= 4 is 18.0 Å². The minimum atomic E-state index is -3.31. The van der Waals surface area contributed by atoms with Gasteiger partial charge in [0.15, 0.2) is 0 Å². The number of hydrogen-bond acceptors (Lipinski definition) is 4. The zero-order valence-electron chi connectivity index (χ0n) is 18.5. The van der Waals surface area contributed by atoms with Gasteiger partial charge in [-0.3, -0.25) is 4.79 Å². The maximum absolute atomic E-state index is 14.3. The van der Waals surface area contributed by atoms with Crippen LogP contribution in [0.2, 0.25) is 0 Å². The maximum atomic E-state index is 14.3. The number of carbonyl (C=O) groups is 3. The van der Waals surface area contributed by atoms with E-state index >= 15 is 0 Å². The molecule has 2 fully saturated rings. The molecule has 7 nitrogen and oxygen atoms in total. The van der Waals surface area contributed by atoms with Gasteiger partial charge in [-0.05, 0) is 35.1 Å². The second-order valence-corrected chi connectivity index (χ2v) is 9.20. The van der Waals surface area contributed by atoms with E-state index in [0.717, 1.165) is 27.2 Å². The summed E-state index contributed by atoms with van der Waals surface area (Å²) in [6.45, 7) is -0.388. The zero-order valence-corrected chi connectivity index (χ0v) is 18.5. The summed E-state index contributed by atoms with van der Waals surface area (Å²) >= 11 is 0. The van der Waals surface area contributed by atoms with Crippen LogP contribution in [0.15, 0.2) is 48.5 Å². The first-order valence-corrected chi connectivity index (χ1v) is 11.2. The lowest BCUT2D eigenvalue weighted by molar-refractivity contribution is -0.152. The number of alkyl carbamates (subject to hydrolysis) is 1. The molecular weight excluding hydrogens is 446 g/mol. The topological polar surface area (TPSA) is 95.9 Å². The lowest BCUT2D eigenvalue weighted by atomic mass is 9.98. The van der Waals surface area contributed by atoms with Crippen molar-refractivity contribution in [2.24, 2.45) is 11.8 Å². The number of hydrogen-bond donors (Lipinski definition) is 2. The van der Waals surface area contributed by atoms with Crippen molar-refractivity contribution in [3.8, 4) is 11.1 Å². The number of likely N-dealkylation sites (N-methyl/N-ethyl adjacent to an activating group) is 1. The minimum Gasteiger partial charge on any atom is -0.479 e. The van der Waals surface area contributed by atoms with Crippen LogP contribution in [0.4, 0.5) is 13.6 Å². The number of benzene rings is 2. The lowest BCUT2D eigenvalue weighted by Crippen LogP contribution is -2.46. The molecule has 0 radical (unpaired) electrons. The van der Waals surface area contributed by atoms with E-state index in [1.54, 1.807) is 0 Å². The van der Waals surface area contributed by atoms with E-state index in [4.69, 9.17) is 4.74 Å². The Morgan fingerprint density at radius 1 is 1.06 bits per heavy atom. The standard InChI is InChI=1S/C25H24F2N2O5/c1-29(24(10-11-24)22(31)32)21(30)20-19(25(20,26)27)12-28-23(33)34-13-18-16-8-4-2-6-14(16)15-7-3-5-9-17(15)18/h2-9,18-20H,10-13H2,1H3,(H,28,33)(H,31,32). The van der Waals surface area contributed by atoms with Crippen molar-refractivity contribution in [2.45, 2.75) is 30.2 Å². The molecule has 2 aromatic carbocycles. The largest absolute Gasteiger partial charge is 0.479 e. The molecule has 2 unspecified atom stereocenters. The van der Waals surface area contributed by atoms with Crippen molar-refractivity contribution < 1.29 is 33.0 Å². The Kier molecular flexibility index (Phi) is 5.11. The first-order chi connectivity index (χ1) is 16.2. The molecule has 9 heteroatoms. The molecule has 2 aromatic rings. The van der Waals surface area contributed by atoms with E-state index in [0.29, 0.717) is 0 Å². The summed E-state index contributed by atoms with van der Waals surface area (Å²) in [7, 11) is 1.24. The number of aliphatic carboxylic acids is 1. The average Bonchev–Trinajstić information content (AvgIpc) is 3.70. The van der Waals surface area contributed by atoms with Crippen LogP contribution in [0, 0.1) is 11.8 Å². The predicted octanol–water partition coefficient (Wildman–Crippen LogP) is 3.48. The number of carboxylic acid groups (broad SMARTS) is 1. The third kappa shape index (κ3) is 3.41. The third-order valence-electron chi connectivity index (χ3n) is 7.37. The molecule has 3 aliphatic rings. The summed E-state index contributed by atoms with van der Waals surface area (Å²) in [6, 6.07) is 15.7. The summed E-state index contributed by atoms with van der Waals surface area (Å²) in [5.41, 5.74) is 2.83. The average molecular weight is 470 g/mol. The summed E-state index contributed by atoms with van der Waals surface area (Å²) in [6.07, 6.45) is -0.356. The fraction of sp³-hybridized carbons (Fsp3) is 0.400. The van der Waals surface area contributed by atoms with Crippen LogP contribution in [-0.2, 0) is 14.3 Å². The highest BCUT2D eigenvalue weighted by Crippen LogP contribution is 2.57. The van der Waals surface area contributed by atoms with Gasteiger partial charge in [0, 0.05) is 19.5 Å². The van der Waals surface area contributed by atoms with Crippen LogP contribution in [0.3, 0.4) is 0 Å². The van der Waals surface area contributed by atoms with E-state index in [2.05, 4.69) is 5.32 Å². The number of ether oxygens (including phenoxy) is 1. The molecule has 0 heterocycles. The Morgan fingerprint density at radius 3 is 2.15 bits per heavy atom. The molecule has 2 saturated carbocycles. The van der Waals surface area contributed by atoms with Gasteiger partial charge in [0.25, 0.3) is 5.92 Å². The fourth-order valence-electron chi connectivity index (χ4n) is 5.05. The number of rotatable bonds is 7. The second kappa shape index (κ2) is 7.78. The minimum absolute atomic E-state index is 0.0488. The Bertz CT molecular complexity index is 1130. The van der Waals surface area contributed by atoms with Gasteiger partial charge in [-0.15, -0.1) is 0 Å². The van der Waals surface area contributed by atoms with Gasteiger partial charge in [-0.25, -0.2) is 18.4 Å². The van der Waals surface area contributed by atoms with Crippen molar-refractivity contribution in [3.63, 3.8) is 0 Å². The molecule has 0 bridgehead atoms. The van der Waals surface area contributed by atoms with Gasteiger partial charge in [0.1, 0.15) is 18.1 Å². The number of nitrogens with one attached hydrogen (secondary N) is 1. The molecule has 0 spiro atoms. The first kappa shape index (κ1) is 22.3. The molecule has 2 amide bonds. The number of halogens is 2. The normalized spacial score (nSPS) is 22.8. The number of amides is 2. The number of carbonyl (C=O) groups excluding carboxylic acids is 2. The quantitative estimate of drug-likeness (QED) is 0.646. The molecule has 3 aliphatic carbocycles. The fourth-order valence-corrected chi connectivity index (χ4v) is 5.05. The first-order valence-electron chi connectivity index (χ1n) is 11.2. The summed E-state index contributed by atoms with van der Waals surface area (Å²) in [5, 5.41) is 11.7. The molecule has 2 atom stereocenters. The Hall–Kier alpha value is -3.49. The Balaban J connectivity index is 1.18. The van der Waals surface area contributed by atoms with Gasteiger partial charge >= 0.3 is 12.1 Å². The Morgan fingerprint density at radius 2 is 1.62 bits per heavy atom. The smallest absolute Gasteiger partial charge is 0.407 e. The van der Waals surface area contributed by atoms with Crippen molar-refractivity contribution in [3.05, 3.63) is 59.7 Å². The van der Waals surface area contributed by atoms with Gasteiger partial charge in [0.05, 0.1) is 5.92 Å². The number of carboxylic acids is 1. The highest BCUT2D eigenvalue weighted by molar-refractivity contribution is 5.92. The van der Waals surface area contributed by atoms with Gasteiger partial charge < -0.3 is 20.1 Å². The van der Waals surface area contributed by atoms with Crippen LogP contribution in [0.25, 0.3) is 11.1 Å². The number of fused-ring (bicyclic) bond motifs is 3. The van der Waals surface area contributed by atoms with E-state index < -0.39 is 47.8 Å². The van der Waals surface area contributed by atoms with Gasteiger partial charge in [-0.2, -0.15) is 0 Å². The molecule has 0 aromatic heterocycles. The molecule has 178 valence electrons. The molecule has 0 aliphatic heterocycles. The SMILES string of the molecule is CN(C(=O)C1C(CNC(=O)OCC2c3ccccc3-c3ccccc32)C1(F)F)C1(C(=O)O)CC1. The number of alkyl halides is 2. The van der Waals surface area contributed by atoms with E-state index in [-0.39, 0.29) is 25.4 Å². The molecule has 0 saturated heterocycles. The predicted molar refractivity (Wildman–Crippen MR) is 117 cm³/mol. The second-order valence-electron chi connectivity index (χ2n) is 9.20. The van der Waals surface area contributed by atoms with Crippen LogP contribution in [0.1, 0.15) is 29.9 Å². The molecule has 5 rings (SSSR count). The van der Waals surface area contributed by atoms with Gasteiger partial charge in [-0.1, -0.05) is 48.5 Å². The van der Waals surface area contributed by atoms with E-state index in [1.807, 2.05) is 48.5 Å². The summed E-state index contributed by atoms with van der Waals surface area (Å²) in [4.78, 5) is 37.2. The molecule has 2 N–H and O–H groups in total. The van der Waals surface area contributed by atoms with Crippen LogP contribution in [-0.4, -0.2) is 59.6 Å². The van der Waals surface area contributed by atoms with Crippen molar-refractivity contribution in [1.82, 2.24) is 10.2 Å². The van der Waals surface area contributed by atoms with Crippen molar-refractivity contribution in [2.75, 3.05) is 20.2 Å².